The first-order chi connectivity index (χ1) is 7.13. The Morgan fingerprint density at radius 3 is 2.33 bits per heavy atom. The van der Waals surface area contributed by atoms with Crippen LogP contribution in [0.4, 0.5) is 0 Å². The molecule has 1 aliphatic rings. The molecule has 0 radical (unpaired) electrons. The van der Waals surface area contributed by atoms with Crippen LogP contribution in [0.1, 0.15) is 59.8 Å². The van der Waals surface area contributed by atoms with Crippen molar-refractivity contribution < 1.29 is 0 Å². The lowest BCUT2D eigenvalue weighted by Gasteiger charge is -2.10. The number of hydrogen-bond donors (Lipinski definition) is 0. The van der Waals surface area contributed by atoms with Crippen LogP contribution in [-0.4, -0.2) is 0 Å². The molecule has 1 aliphatic carbocycles. The molecule has 0 heteroatoms. The molecule has 84 valence electrons. The molecule has 0 bridgehead atoms. The normalized spacial score (nSPS) is 20.5. The zero-order valence-corrected chi connectivity index (χ0v) is 10.7. The molecule has 0 aromatic rings. The van der Waals surface area contributed by atoms with Gasteiger partial charge in [0.05, 0.1) is 0 Å². The van der Waals surface area contributed by atoms with Gasteiger partial charge < -0.3 is 0 Å². The summed E-state index contributed by atoms with van der Waals surface area (Å²) in [5.41, 5.74) is 5.96. The molecule has 0 amide bonds. The molecule has 0 saturated heterocycles. The van der Waals surface area contributed by atoms with E-state index in [1.807, 2.05) is 0 Å². The molecule has 0 spiro atoms. The lowest BCUT2D eigenvalue weighted by molar-refractivity contribution is 0.682. The third-order valence-electron chi connectivity index (χ3n) is 3.58. The van der Waals surface area contributed by atoms with Gasteiger partial charge in [-0.2, -0.15) is 0 Å². The maximum Gasteiger partial charge on any atom is -0.0317 e. The first-order valence-electron chi connectivity index (χ1n) is 6.13. The highest BCUT2D eigenvalue weighted by molar-refractivity contribution is 5.39. The highest BCUT2D eigenvalue weighted by Gasteiger charge is 2.03. The third-order valence-corrected chi connectivity index (χ3v) is 3.58. The van der Waals surface area contributed by atoms with Gasteiger partial charge >= 0.3 is 0 Å². The lowest BCUT2D eigenvalue weighted by atomic mass is 9.96. The van der Waals surface area contributed by atoms with Crippen molar-refractivity contribution in [1.29, 1.82) is 0 Å². The van der Waals surface area contributed by atoms with E-state index in [1.54, 1.807) is 5.57 Å². The van der Waals surface area contributed by atoms with Crippen LogP contribution >= 0.6 is 0 Å². The standard InChI is InChI=1S/C15H24/c1-12-10-8-6-5-7-9-11-13(2)15(4)14(12)3/h8,10H,5-7,9,11H2,1-4H3. The van der Waals surface area contributed by atoms with E-state index in [1.165, 1.54) is 48.8 Å². The zero-order valence-electron chi connectivity index (χ0n) is 10.7. The predicted octanol–water partition coefficient (Wildman–Crippen LogP) is 5.18. The van der Waals surface area contributed by atoms with Gasteiger partial charge in [-0.25, -0.2) is 0 Å². The largest absolute Gasteiger partial charge is 0.0843 e. The second-order valence-corrected chi connectivity index (χ2v) is 4.72. The van der Waals surface area contributed by atoms with Gasteiger partial charge in [0.15, 0.2) is 0 Å². The highest BCUT2D eigenvalue weighted by atomic mass is 14.1. The molecule has 0 nitrogen and oxygen atoms in total. The van der Waals surface area contributed by atoms with Crippen molar-refractivity contribution in [3.63, 3.8) is 0 Å². The molecule has 0 N–H and O–H groups in total. The maximum absolute atomic E-state index is 2.33. The van der Waals surface area contributed by atoms with Crippen LogP contribution in [0.15, 0.2) is 34.4 Å². The first kappa shape index (κ1) is 12.3. The van der Waals surface area contributed by atoms with Crippen LogP contribution < -0.4 is 0 Å². The van der Waals surface area contributed by atoms with Crippen LogP contribution in [0.5, 0.6) is 0 Å². The molecular formula is C15H24. The Bertz CT molecular complexity index is 300. The number of hydrogen-bond acceptors (Lipinski definition) is 0. The minimum absolute atomic E-state index is 1.24. The quantitative estimate of drug-likeness (QED) is 0.510. The van der Waals surface area contributed by atoms with E-state index >= 15 is 0 Å². The Balaban J connectivity index is 2.98. The fourth-order valence-electron chi connectivity index (χ4n) is 2.02. The van der Waals surface area contributed by atoms with E-state index in [2.05, 4.69) is 39.8 Å². The highest BCUT2D eigenvalue weighted by Crippen LogP contribution is 2.23. The second-order valence-electron chi connectivity index (χ2n) is 4.72. The molecule has 1 rings (SSSR count). The van der Waals surface area contributed by atoms with Crippen molar-refractivity contribution in [2.45, 2.75) is 59.8 Å². The minimum Gasteiger partial charge on any atom is -0.0843 e. The Morgan fingerprint density at radius 2 is 1.60 bits per heavy atom. The van der Waals surface area contributed by atoms with Gasteiger partial charge in [-0.05, 0) is 70.1 Å². The molecule has 0 fully saturated rings. The second kappa shape index (κ2) is 5.95. The van der Waals surface area contributed by atoms with Gasteiger partial charge in [0.1, 0.15) is 0 Å². The van der Waals surface area contributed by atoms with Crippen LogP contribution in [0.25, 0.3) is 0 Å². The Morgan fingerprint density at radius 1 is 0.867 bits per heavy atom. The Kier molecular flexibility index (Phi) is 4.87. The number of rotatable bonds is 0. The van der Waals surface area contributed by atoms with Crippen molar-refractivity contribution in [2.75, 3.05) is 0 Å². The van der Waals surface area contributed by atoms with Crippen molar-refractivity contribution in [2.24, 2.45) is 0 Å². The van der Waals surface area contributed by atoms with Crippen LogP contribution in [0, 0.1) is 0 Å². The van der Waals surface area contributed by atoms with Gasteiger partial charge in [0.2, 0.25) is 0 Å². The van der Waals surface area contributed by atoms with Crippen LogP contribution in [0.2, 0.25) is 0 Å². The molecule has 0 atom stereocenters. The van der Waals surface area contributed by atoms with E-state index < -0.39 is 0 Å². The van der Waals surface area contributed by atoms with Crippen LogP contribution in [-0.2, 0) is 0 Å². The summed E-state index contributed by atoms with van der Waals surface area (Å²) in [6.07, 6.45) is 11.2. The average molecular weight is 204 g/mol. The molecule has 0 unspecified atom stereocenters. The Hall–Kier alpha value is -0.780. The van der Waals surface area contributed by atoms with Gasteiger partial charge in [-0.3, -0.25) is 0 Å². The monoisotopic (exact) mass is 204 g/mol. The summed E-state index contributed by atoms with van der Waals surface area (Å²) in [5.74, 6) is 0. The topological polar surface area (TPSA) is 0 Å². The van der Waals surface area contributed by atoms with E-state index in [0.717, 1.165) is 0 Å². The summed E-state index contributed by atoms with van der Waals surface area (Å²) in [6, 6.07) is 0. The number of allylic oxidation sites excluding steroid dienone is 6. The van der Waals surface area contributed by atoms with E-state index in [0.29, 0.717) is 0 Å². The summed E-state index contributed by atoms with van der Waals surface area (Å²) >= 11 is 0. The van der Waals surface area contributed by atoms with Gasteiger partial charge in [-0.1, -0.05) is 24.1 Å². The molecule has 0 heterocycles. The lowest BCUT2D eigenvalue weighted by Crippen LogP contribution is -1.89. The SMILES string of the molecule is CC1=C(C)C(C)=C(C)CCCCCC=C1. The summed E-state index contributed by atoms with van der Waals surface area (Å²) in [7, 11) is 0. The molecule has 0 aromatic carbocycles. The van der Waals surface area contributed by atoms with Crippen molar-refractivity contribution in [1.82, 2.24) is 0 Å². The molecule has 0 aliphatic heterocycles. The van der Waals surface area contributed by atoms with Gasteiger partial charge in [0.25, 0.3) is 0 Å². The molecule has 0 aromatic heterocycles. The molecule has 0 saturated carbocycles. The summed E-state index contributed by atoms with van der Waals surface area (Å²) in [6.45, 7) is 9.02. The third kappa shape index (κ3) is 3.70. The predicted molar refractivity (Wildman–Crippen MR) is 69.0 cm³/mol. The van der Waals surface area contributed by atoms with Crippen LogP contribution in [0.3, 0.4) is 0 Å². The zero-order chi connectivity index (χ0) is 11.3. The van der Waals surface area contributed by atoms with E-state index in [4.69, 9.17) is 0 Å². The van der Waals surface area contributed by atoms with Crippen molar-refractivity contribution in [3.8, 4) is 0 Å². The van der Waals surface area contributed by atoms with Crippen molar-refractivity contribution >= 4 is 0 Å². The fourth-order valence-corrected chi connectivity index (χ4v) is 2.02. The average Bonchev–Trinajstić information content (AvgIpc) is 2.25. The minimum atomic E-state index is 1.24. The Labute approximate surface area is 94.8 Å². The summed E-state index contributed by atoms with van der Waals surface area (Å²) < 4.78 is 0. The van der Waals surface area contributed by atoms with E-state index in [-0.39, 0.29) is 0 Å². The van der Waals surface area contributed by atoms with E-state index in [9.17, 15) is 0 Å². The van der Waals surface area contributed by atoms with Gasteiger partial charge in [0, 0.05) is 0 Å². The first-order valence-corrected chi connectivity index (χ1v) is 6.13. The molecule has 15 heavy (non-hydrogen) atoms. The smallest absolute Gasteiger partial charge is 0.0317 e. The fraction of sp³-hybridized carbons (Fsp3) is 0.600. The summed E-state index contributed by atoms with van der Waals surface area (Å²) in [5, 5.41) is 0. The maximum atomic E-state index is 2.33. The molecular weight excluding hydrogens is 180 g/mol. The summed E-state index contributed by atoms with van der Waals surface area (Å²) in [4.78, 5) is 0. The van der Waals surface area contributed by atoms with Crippen molar-refractivity contribution in [3.05, 3.63) is 34.4 Å². The van der Waals surface area contributed by atoms with Gasteiger partial charge in [-0.15, -0.1) is 0 Å².